The normalized spacial score (nSPS) is 11.1. The van der Waals surface area contributed by atoms with Gasteiger partial charge in [0.05, 0.1) is 6.54 Å². The summed E-state index contributed by atoms with van der Waals surface area (Å²) in [5.41, 5.74) is 0.168. The fraction of sp³-hybridized carbons (Fsp3) is 0.0952. The minimum Gasteiger partial charge on any atom is -0.479 e. The molecule has 0 spiro atoms. The fourth-order valence-corrected chi connectivity index (χ4v) is 3.09. The summed E-state index contributed by atoms with van der Waals surface area (Å²) < 4.78 is 91.9. The van der Waals surface area contributed by atoms with Crippen LogP contribution in [0, 0.1) is 34.9 Å². The minimum absolute atomic E-state index is 0.0612. The average molecular weight is 517 g/mol. The maximum Gasteiger partial charge on any atom is 0.293 e. The second kappa shape index (κ2) is 9.70. The van der Waals surface area contributed by atoms with Crippen LogP contribution in [0.15, 0.2) is 41.1 Å². The minimum atomic E-state index is -2.32. The first-order valence-electron chi connectivity index (χ1n) is 9.52. The molecule has 1 amide bonds. The van der Waals surface area contributed by atoms with Gasteiger partial charge in [0, 0.05) is 10.6 Å². The number of carbonyl (C=O) groups is 1. The number of nitrogens with one attached hydrogen (secondary N) is 1. The number of rotatable bonds is 7. The monoisotopic (exact) mass is 516 g/mol. The van der Waals surface area contributed by atoms with E-state index in [9.17, 15) is 31.1 Å². The Bertz CT molecular complexity index is 1380. The Morgan fingerprint density at radius 1 is 1.00 bits per heavy atom. The van der Waals surface area contributed by atoms with Gasteiger partial charge in [-0.3, -0.25) is 10.1 Å². The van der Waals surface area contributed by atoms with Crippen molar-refractivity contribution in [3.05, 3.63) is 93.7 Å². The molecule has 0 bridgehead atoms. The van der Waals surface area contributed by atoms with Gasteiger partial charge in [-0.15, -0.1) is 5.10 Å². The smallest absolute Gasteiger partial charge is 0.293 e. The highest BCUT2D eigenvalue weighted by Gasteiger charge is 2.27. The van der Waals surface area contributed by atoms with Gasteiger partial charge < -0.3 is 9.15 Å². The number of aromatic nitrogens is 3. The summed E-state index contributed by atoms with van der Waals surface area (Å²) in [6.45, 7) is -0.809. The molecular formula is C21H11ClF6N4O3. The first kappa shape index (κ1) is 24.1. The van der Waals surface area contributed by atoms with Crippen molar-refractivity contribution in [3.63, 3.8) is 0 Å². The van der Waals surface area contributed by atoms with Gasteiger partial charge in [0.2, 0.25) is 35.0 Å². The number of furan rings is 1. The first-order valence-corrected chi connectivity index (χ1v) is 9.90. The van der Waals surface area contributed by atoms with Gasteiger partial charge in [0.1, 0.15) is 24.5 Å². The van der Waals surface area contributed by atoms with Gasteiger partial charge in [-0.1, -0.05) is 17.7 Å². The van der Waals surface area contributed by atoms with Gasteiger partial charge in [-0.2, -0.15) is 8.78 Å². The molecule has 182 valence electrons. The van der Waals surface area contributed by atoms with E-state index in [2.05, 4.69) is 20.1 Å². The summed E-state index contributed by atoms with van der Waals surface area (Å²) in [5, 5.41) is 6.47. The van der Waals surface area contributed by atoms with Gasteiger partial charge in [0.15, 0.2) is 11.5 Å². The van der Waals surface area contributed by atoms with Crippen molar-refractivity contribution in [2.45, 2.75) is 13.2 Å². The molecule has 0 aliphatic heterocycles. The molecule has 0 radical (unpaired) electrons. The van der Waals surface area contributed by atoms with Crippen LogP contribution in [0.25, 0.3) is 0 Å². The summed E-state index contributed by atoms with van der Waals surface area (Å²) in [4.78, 5) is 16.2. The molecule has 0 aliphatic rings. The van der Waals surface area contributed by atoms with Crippen LogP contribution in [-0.2, 0) is 13.2 Å². The van der Waals surface area contributed by atoms with Crippen molar-refractivity contribution in [2.24, 2.45) is 0 Å². The summed E-state index contributed by atoms with van der Waals surface area (Å²) in [5.74, 6) is -14.4. The molecule has 4 rings (SSSR count). The Balaban J connectivity index is 1.40. The van der Waals surface area contributed by atoms with E-state index in [1.165, 1.54) is 41.3 Å². The summed E-state index contributed by atoms with van der Waals surface area (Å²) in [6, 6.07) is 6.53. The molecular weight excluding hydrogens is 506 g/mol. The van der Waals surface area contributed by atoms with E-state index >= 15 is 0 Å². The van der Waals surface area contributed by atoms with Crippen LogP contribution in [0.3, 0.4) is 0 Å². The van der Waals surface area contributed by atoms with E-state index in [1.54, 1.807) is 0 Å². The Kier molecular flexibility index (Phi) is 6.69. The third-order valence-corrected chi connectivity index (χ3v) is 4.91. The second-order valence-corrected chi connectivity index (χ2v) is 7.28. The predicted octanol–water partition coefficient (Wildman–Crippen LogP) is 5.24. The lowest BCUT2D eigenvalue weighted by Gasteiger charge is -2.09. The number of benzene rings is 2. The Morgan fingerprint density at radius 2 is 1.69 bits per heavy atom. The van der Waals surface area contributed by atoms with Crippen molar-refractivity contribution < 1.29 is 40.3 Å². The number of nitrogens with zero attached hydrogens (tertiary/aromatic N) is 3. The predicted molar refractivity (Wildman–Crippen MR) is 108 cm³/mol. The van der Waals surface area contributed by atoms with Crippen molar-refractivity contribution in [1.29, 1.82) is 0 Å². The number of hydrogen-bond acceptors (Lipinski definition) is 5. The van der Waals surface area contributed by atoms with E-state index in [4.69, 9.17) is 16.0 Å². The zero-order chi connectivity index (χ0) is 25.3. The SMILES string of the molecule is O=C(Nc1ncn(Cc2c(F)cccc2Cl)n1)c1ccc(COc2c(F)c(F)c(F)c(F)c2F)o1. The molecule has 0 atom stereocenters. The summed E-state index contributed by atoms with van der Waals surface area (Å²) >= 11 is 5.97. The highest BCUT2D eigenvalue weighted by Crippen LogP contribution is 2.30. The standard InChI is InChI=1S/C21H11ClF6N4O3/c22-11-2-1-3-12(23)10(11)6-32-8-29-21(31-32)30-20(33)13-5-4-9(35-13)7-34-19-17(27)15(25)14(24)16(26)18(19)28/h1-5,8H,6-7H2,(H,30,31,33). The van der Waals surface area contributed by atoms with Crippen LogP contribution in [0.4, 0.5) is 32.3 Å². The van der Waals surface area contributed by atoms with Crippen LogP contribution >= 0.6 is 11.6 Å². The number of carbonyl (C=O) groups excluding carboxylic acids is 1. The first-order chi connectivity index (χ1) is 16.7. The van der Waals surface area contributed by atoms with E-state index in [-0.39, 0.29) is 34.6 Å². The number of hydrogen-bond donors (Lipinski definition) is 1. The topological polar surface area (TPSA) is 82.2 Å². The van der Waals surface area contributed by atoms with Gasteiger partial charge in [0.25, 0.3) is 5.91 Å². The zero-order valence-corrected chi connectivity index (χ0v) is 17.8. The largest absolute Gasteiger partial charge is 0.479 e. The van der Waals surface area contributed by atoms with Gasteiger partial charge in [-0.25, -0.2) is 27.2 Å². The molecule has 0 saturated carbocycles. The Morgan fingerprint density at radius 3 is 2.37 bits per heavy atom. The lowest BCUT2D eigenvalue weighted by atomic mass is 10.2. The molecule has 0 saturated heterocycles. The Labute approximate surface area is 196 Å². The molecule has 2 aromatic carbocycles. The van der Waals surface area contributed by atoms with Crippen molar-refractivity contribution in [2.75, 3.05) is 5.32 Å². The third kappa shape index (κ3) is 4.94. The molecule has 0 aliphatic carbocycles. The van der Waals surface area contributed by atoms with Crippen molar-refractivity contribution >= 4 is 23.5 Å². The van der Waals surface area contributed by atoms with Crippen LogP contribution < -0.4 is 10.1 Å². The van der Waals surface area contributed by atoms with E-state index in [0.717, 1.165) is 0 Å². The number of ether oxygens (including phenoxy) is 1. The zero-order valence-electron chi connectivity index (χ0n) is 17.1. The summed E-state index contributed by atoms with van der Waals surface area (Å²) in [7, 11) is 0. The molecule has 0 fully saturated rings. The highest BCUT2D eigenvalue weighted by atomic mass is 35.5. The lowest BCUT2D eigenvalue weighted by Crippen LogP contribution is -2.13. The van der Waals surface area contributed by atoms with Crippen molar-refractivity contribution in [3.8, 4) is 5.75 Å². The van der Waals surface area contributed by atoms with E-state index < -0.39 is 53.2 Å². The molecule has 35 heavy (non-hydrogen) atoms. The second-order valence-electron chi connectivity index (χ2n) is 6.87. The quantitative estimate of drug-likeness (QED) is 0.206. The Hall–Kier alpha value is -4.00. The molecule has 4 aromatic rings. The van der Waals surface area contributed by atoms with Gasteiger partial charge in [-0.05, 0) is 24.3 Å². The third-order valence-electron chi connectivity index (χ3n) is 4.56. The number of halogens is 7. The van der Waals surface area contributed by atoms with Crippen LogP contribution in [-0.4, -0.2) is 20.7 Å². The molecule has 2 aromatic heterocycles. The van der Waals surface area contributed by atoms with Crippen molar-refractivity contribution in [1.82, 2.24) is 14.8 Å². The van der Waals surface area contributed by atoms with Crippen LogP contribution in [0.1, 0.15) is 21.9 Å². The van der Waals surface area contributed by atoms with Gasteiger partial charge >= 0.3 is 0 Å². The highest BCUT2D eigenvalue weighted by molar-refractivity contribution is 6.31. The van der Waals surface area contributed by atoms with Crippen LogP contribution in [0.5, 0.6) is 5.75 Å². The van der Waals surface area contributed by atoms with Crippen LogP contribution in [0.2, 0.25) is 5.02 Å². The lowest BCUT2D eigenvalue weighted by molar-refractivity contribution is 0.0991. The molecule has 7 nitrogen and oxygen atoms in total. The summed E-state index contributed by atoms with van der Waals surface area (Å²) in [6.07, 6.45) is 1.23. The van der Waals surface area contributed by atoms with E-state index in [0.29, 0.717) is 0 Å². The molecule has 0 unspecified atom stereocenters. The van der Waals surface area contributed by atoms with E-state index in [1.807, 2.05) is 0 Å². The molecule has 2 heterocycles. The average Bonchev–Trinajstić information content (AvgIpc) is 3.48. The fourth-order valence-electron chi connectivity index (χ4n) is 2.87. The number of anilines is 1. The number of amides is 1. The maximum atomic E-state index is 13.9. The maximum absolute atomic E-state index is 13.9. The molecule has 1 N–H and O–H groups in total. The molecule has 14 heteroatoms.